The summed E-state index contributed by atoms with van der Waals surface area (Å²) in [5.74, 6) is -1.58. The van der Waals surface area contributed by atoms with Crippen LogP contribution in [0.1, 0.15) is 26.7 Å². The van der Waals surface area contributed by atoms with Gasteiger partial charge in [0.05, 0.1) is 18.3 Å². The Kier molecular flexibility index (Phi) is 1.14. The average molecular weight is 170 g/mol. The summed E-state index contributed by atoms with van der Waals surface area (Å²) in [6.07, 6.45) is 0.546. The summed E-state index contributed by atoms with van der Waals surface area (Å²) in [5.41, 5.74) is -0.457. The number of esters is 2. The van der Waals surface area contributed by atoms with Gasteiger partial charge in [-0.2, -0.15) is 0 Å². The lowest BCUT2D eigenvalue weighted by molar-refractivity contribution is -0.207. The fourth-order valence-corrected chi connectivity index (χ4v) is 1.79. The Morgan fingerprint density at radius 1 is 1.08 bits per heavy atom. The summed E-state index contributed by atoms with van der Waals surface area (Å²) in [6, 6.07) is 0. The van der Waals surface area contributed by atoms with Gasteiger partial charge in [-0.05, 0) is 0 Å². The first-order valence-electron chi connectivity index (χ1n) is 3.89. The summed E-state index contributed by atoms with van der Waals surface area (Å²) in [4.78, 5) is 21.9. The molecule has 0 aromatic rings. The van der Waals surface area contributed by atoms with Gasteiger partial charge in [0, 0.05) is 6.92 Å². The monoisotopic (exact) mass is 170 g/mol. The van der Waals surface area contributed by atoms with Gasteiger partial charge in [0.25, 0.3) is 5.79 Å². The highest BCUT2D eigenvalue weighted by molar-refractivity contribution is 5.80. The lowest BCUT2D eigenvalue weighted by Gasteiger charge is -2.27. The van der Waals surface area contributed by atoms with Crippen molar-refractivity contribution in [3.8, 4) is 0 Å². The van der Waals surface area contributed by atoms with E-state index in [0.29, 0.717) is 0 Å². The highest BCUT2D eigenvalue weighted by Crippen LogP contribution is 2.51. The predicted octanol–water partition coefficient (Wildman–Crippen LogP) is 0.603. The van der Waals surface area contributed by atoms with Crippen LogP contribution >= 0.6 is 0 Å². The standard InChI is InChI=1S/C8H10O4/c1-7-3-5(9)11-8(7,2)12-6(10)4-7/h3-4H2,1-2H3. The molecule has 0 saturated carbocycles. The summed E-state index contributed by atoms with van der Waals surface area (Å²) in [7, 11) is 0. The molecule has 0 aliphatic carbocycles. The molecule has 2 saturated heterocycles. The fraction of sp³-hybridized carbons (Fsp3) is 0.750. The van der Waals surface area contributed by atoms with Crippen molar-refractivity contribution >= 4 is 11.9 Å². The van der Waals surface area contributed by atoms with E-state index in [9.17, 15) is 9.59 Å². The third-order valence-electron chi connectivity index (χ3n) is 2.78. The van der Waals surface area contributed by atoms with E-state index >= 15 is 0 Å². The number of ether oxygens (including phenoxy) is 2. The molecule has 0 radical (unpaired) electrons. The third kappa shape index (κ3) is 0.722. The molecule has 2 aliphatic heterocycles. The quantitative estimate of drug-likeness (QED) is 0.499. The first-order chi connectivity index (χ1) is 5.45. The summed E-state index contributed by atoms with van der Waals surface area (Å²) >= 11 is 0. The van der Waals surface area contributed by atoms with Crippen LogP contribution in [-0.2, 0) is 19.1 Å². The van der Waals surface area contributed by atoms with Gasteiger partial charge in [-0.1, -0.05) is 6.92 Å². The number of carbonyl (C=O) groups is 2. The molecule has 0 N–H and O–H groups in total. The van der Waals surface area contributed by atoms with Gasteiger partial charge in [-0.25, -0.2) is 0 Å². The van der Waals surface area contributed by atoms with Crippen molar-refractivity contribution in [1.82, 2.24) is 0 Å². The maximum Gasteiger partial charge on any atom is 0.309 e. The highest BCUT2D eigenvalue weighted by Gasteiger charge is 2.63. The van der Waals surface area contributed by atoms with E-state index < -0.39 is 11.2 Å². The Morgan fingerprint density at radius 3 is 1.83 bits per heavy atom. The molecule has 0 amide bonds. The number of hydrogen-bond donors (Lipinski definition) is 0. The van der Waals surface area contributed by atoms with E-state index in [1.54, 1.807) is 6.92 Å². The Labute approximate surface area is 69.8 Å². The molecule has 4 heteroatoms. The number of rotatable bonds is 0. The topological polar surface area (TPSA) is 52.6 Å². The Hall–Kier alpha value is -1.06. The lowest BCUT2D eigenvalue weighted by atomic mass is 9.80. The van der Waals surface area contributed by atoms with Crippen LogP contribution in [0.15, 0.2) is 0 Å². The molecule has 0 aromatic heterocycles. The Morgan fingerprint density at radius 2 is 1.50 bits per heavy atom. The molecule has 0 unspecified atom stereocenters. The van der Waals surface area contributed by atoms with Gasteiger partial charge >= 0.3 is 11.9 Å². The molecule has 0 atom stereocenters. The van der Waals surface area contributed by atoms with Crippen LogP contribution < -0.4 is 0 Å². The second-order valence-electron chi connectivity index (χ2n) is 3.81. The molecule has 12 heavy (non-hydrogen) atoms. The molecule has 4 nitrogen and oxygen atoms in total. The van der Waals surface area contributed by atoms with Crippen molar-refractivity contribution < 1.29 is 19.1 Å². The van der Waals surface area contributed by atoms with E-state index in [0.717, 1.165) is 0 Å². The van der Waals surface area contributed by atoms with Crippen molar-refractivity contribution in [2.24, 2.45) is 5.41 Å². The molecule has 0 bridgehead atoms. The van der Waals surface area contributed by atoms with E-state index in [1.807, 2.05) is 6.92 Å². The fourth-order valence-electron chi connectivity index (χ4n) is 1.79. The SMILES string of the molecule is CC12CC(=O)OC1(C)OC(=O)C2. The molecule has 0 spiro atoms. The molecule has 0 aromatic carbocycles. The smallest absolute Gasteiger partial charge is 0.309 e. The van der Waals surface area contributed by atoms with Crippen molar-refractivity contribution in [1.29, 1.82) is 0 Å². The van der Waals surface area contributed by atoms with Crippen LogP contribution in [0.2, 0.25) is 0 Å². The van der Waals surface area contributed by atoms with Crippen molar-refractivity contribution in [3.63, 3.8) is 0 Å². The van der Waals surface area contributed by atoms with Crippen LogP contribution in [0.3, 0.4) is 0 Å². The van der Waals surface area contributed by atoms with E-state index in [-0.39, 0.29) is 24.8 Å². The van der Waals surface area contributed by atoms with Crippen molar-refractivity contribution in [3.05, 3.63) is 0 Å². The third-order valence-corrected chi connectivity index (χ3v) is 2.78. The second kappa shape index (κ2) is 1.81. The number of fused-ring (bicyclic) bond motifs is 1. The molecule has 2 rings (SSSR count). The minimum absolute atomic E-state index is 0.273. The zero-order chi connectivity index (χ0) is 8.98. The maximum atomic E-state index is 11.0. The Bertz CT molecular complexity index is 224. The molecular weight excluding hydrogens is 160 g/mol. The van der Waals surface area contributed by atoms with E-state index in [4.69, 9.17) is 9.47 Å². The molecule has 2 aliphatic rings. The maximum absolute atomic E-state index is 11.0. The lowest BCUT2D eigenvalue weighted by Crippen LogP contribution is -2.36. The molecular formula is C8H10O4. The first kappa shape index (κ1) is 7.58. The molecule has 2 heterocycles. The Balaban J connectivity index is 2.38. The predicted molar refractivity (Wildman–Crippen MR) is 37.9 cm³/mol. The van der Waals surface area contributed by atoms with Crippen molar-refractivity contribution in [2.45, 2.75) is 32.5 Å². The summed E-state index contributed by atoms with van der Waals surface area (Å²) in [5, 5.41) is 0. The van der Waals surface area contributed by atoms with Crippen LogP contribution in [0.4, 0.5) is 0 Å². The zero-order valence-corrected chi connectivity index (χ0v) is 7.05. The van der Waals surface area contributed by atoms with E-state index in [2.05, 4.69) is 0 Å². The van der Waals surface area contributed by atoms with Crippen LogP contribution in [0.5, 0.6) is 0 Å². The largest absolute Gasteiger partial charge is 0.422 e. The average Bonchev–Trinajstić information content (AvgIpc) is 2.09. The minimum Gasteiger partial charge on any atom is -0.422 e. The molecule has 66 valence electrons. The van der Waals surface area contributed by atoms with Crippen LogP contribution in [0, 0.1) is 5.41 Å². The number of hydrogen-bond acceptors (Lipinski definition) is 4. The van der Waals surface area contributed by atoms with Gasteiger partial charge in [0.2, 0.25) is 0 Å². The van der Waals surface area contributed by atoms with Gasteiger partial charge in [-0.3, -0.25) is 9.59 Å². The molecule has 2 fully saturated rings. The van der Waals surface area contributed by atoms with E-state index in [1.165, 1.54) is 0 Å². The van der Waals surface area contributed by atoms with Crippen molar-refractivity contribution in [2.75, 3.05) is 0 Å². The van der Waals surface area contributed by atoms with Crippen LogP contribution in [0.25, 0.3) is 0 Å². The summed E-state index contributed by atoms with van der Waals surface area (Å²) < 4.78 is 9.93. The highest BCUT2D eigenvalue weighted by atomic mass is 16.7. The van der Waals surface area contributed by atoms with Crippen LogP contribution in [-0.4, -0.2) is 17.7 Å². The second-order valence-corrected chi connectivity index (χ2v) is 3.81. The first-order valence-corrected chi connectivity index (χ1v) is 3.89. The summed E-state index contributed by atoms with van der Waals surface area (Å²) in [6.45, 7) is 3.48. The zero-order valence-electron chi connectivity index (χ0n) is 7.05. The minimum atomic E-state index is -1.01. The normalized spacial score (nSPS) is 45.5. The van der Waals surface area contributed by atoms with Gasteiger partial charge in [0.1, 0.15) is 0 Å². The van der Waals surface area contributed by atoms with Gasteiger partial charge in [-0.15, -0.1) is 0 Å². The van der Waals surface area contributed by atoms with Gasteiger partial charge in [0.15, 0.2) is 0 Å². The number of carbonyl (C=O) groups excluding carboxylic acids is 2. The van der Waals surface area contributed by atoms with Gasteiger partial charge < -0.3 is 9.47 Å².